The highest BCUT2D eigenvalue weighted by Crippen LogP contribution is 2.13. The minimum Gasteiger partial charge on any atom is -0.296 e. The Morgan fingerprint density at radius 3 is 3.20 bits per heavy atom. The summed E-state index contributed by atoms with van der Waals surface area (Å²) in [5.74, 6) is 0. The monoisotopic (exact) mass is 138 g/mol. The third-order valence-electron chi connectivity index (χ3n) is 1.79. The van der Waals surface area contributed by atoms with Crippen molar-refractivity contribution in [2.24, 2.45) is 0 Å². The Balaban J connectivity index is 2.12. The predicted molar refractivity (Wildman–Crippen MR) is 36.3 cm³/mol. The van der Waals surface area contributed by atoms with E-state index in [0.29, 0.717) is 6.17 Å². The van der Waals surface area contributed by atoms with E-state index in [-0.39, 0.29) is 0 Å². The summed E-state index contributed by atoms with van der Waals surface area (Å²) in [6.45, 7) is 1.10. The van der Waals surface area contributed by atoms with Crippen LogP contribution in [-0.4, -0.2) is 21.3 Å². The number of aromatic nitrogens is 3. The Morgan fingerprint density at radius 1 is 1.60 bits per heavy atom. The van der Waals surface area contributed by atoms with Gasteiger partial charge in [-0.25, -0.2) is 9.67 Å². The van der Waals surface area contributed by atoms with Gasteiger partial charge < -0.3 is 0 Å². The molecule has 1 aromatic rings. The summed E-state index contributed by atoms with van der Waals surface area (Å²) in [5, 5.41) is 7.36. The molecule has 0 amide bonds. The number of rotatable bonds is 1. The Hall–Kier alpha value is -0.900. The van der Waals surface area contributed by atoms with Gasteiger partial charge in [0.25, 0.3) is 0 Å². The maximum Gasteiger partial charge on any atom is 0.137 e. The zero-order chi connectivity index (χ0) is 6.81. The fourth-order valence-corrected chi connectivity index (χ4v) is 1.27. The molecule has 1 aliphatic rings. The lowest BCUT2D eigenvalue weighted by Gasteiger charge is -2.07. The van der Waals surface area contributed by atoms with Crippen molar-refractivity contribution in [3.8, 4) is 0 Å². The van der Waals surface area contributed by atoms with Gasteiger partial charge in [-0.15, -0.1) is 0 Å². The molecule has 4 heteroatoms. The molecule has 0 radical (unpaired) electrons. The molecule has 1 N–H and O–H groups in total. The normalized spacial score (nSPS) is 25.4. The molecule has 2 heterocycles. The Kier molecular flexibility index (Phi) is 1.39. The first-order valence-electron chi connectivity index (χ1n) is 3.54. The van der Waals surface area contributed by atoms with E-state index in [0.717, 1.165) is 6.54 Å². The van der Waals surface area contributed by atoms with Crippen LogP contribution in [0.1, 0.15) is 19.0 Å². The molecule has 0 spiro atoms. The van der Waals surface area contributed by atoms with Crippen LogP contribution in [0.15, 0.2) is 12.7 Å². The zero-order valence-electron chi connectivity index (χ0n) is 5.70. The fourth-order valence-electron chi connectivity index (χ4n) is 1.27. The SMILES string of the molecule is c1ncn(C2CCCN2)n1. The molecule has 1 fully saturated rings. The van der Waals surface area contributed by atoms with Gasteiger partial charge in [0.2, 0.25) is 0 Å². The Morgan fingerprint density at radius 2 is 2.60 bits per heavy atom. The largest absolute Gasteiger partial charge is 0.296 e. The van der Waals surface area contributed by atoms with E-state index in [2.05, 4.69) is 15.4 Å². The predicted octanol–water partition coefficient (Wildman–Crippen LogP) is 0.160. The molecule has 54 valence electrons. The topological polar surface area (TPSA) is 42.7 Å². The van der Waals surface area contributed by atoms with Crippen LogP contribution in [0.4, 0.5) is 0 Å². The van der Waals surface area contributed by atoms with E-state index in [9.17, 15) is 0 Å². The molecule has 10 heavy (non-hydrogen) atoms. The minimum atomic E-state index is 0.391. The van der Waals surface area contributed by atoms with Crippen LogP contribution >= 0.6 is 0 Å². The molecule has 1 unspecified atom stereocenters. The third kappa shape index (κ3) is 0.903. The molecule has 0 aromatic carbocycles. The fraction of sp³-hybridized carbons (Fsp3) is 0.667. The number of nitrogens with zero attached hydrogens (tertiary/aromatic N) is 3. The van der Waals surface area contributed by atoms with Crippen molar-refractivity contribution in [3.63, 3.8) is 0 Å². The summed E-state index contributed by atoms with van der Waals surface area (Å²) in [7, 11) is 0. The second-order valence-electron chi connectivity index (χ2n) is 2.49. The third-order valence-corrected chi connectivity index (χ3v) is 1.79. The Labute approximate surface area is 59.3 Å². The highest BCUT2D eigenvalue weighted by molar-refractivity contribution is 4.72. The van der Waals surface area contributed by atoms with E-state index in [1.165, 1.54) is 12.8 Å². The van der Waals surface area contributed by atoms with Crippen molar-refractivity contribution in [2.75, 3.05) is 6.54 Å². The van der Waals surface area contributed by atoms with E-state index < -0.39 is 0 Å². The lowest BCUT2D eigenvalue weighted by molar-refractivity contribution is 0.424. The van der Waals surface area contributed by atoms with Gasteiger partial charge in [-0.3, -0.25) is 5.32 Å². The molecule has 1 saturated heterocycles. The van der Waals surface area contributed by atoms with Crippen molar-refractivity contribution in [1.29, 1.82) is 0 Å². The molecule has 1 aromatic heterocycles. The quantitative estimate of drug-likeness (QED) is 0.601. The molecule has 1 aliphatic heterocycles. The first-order valence-corrected chi connectivity index (χ1v) is 3.54. The molecule has 2 rings (SSSR count). The Bertz CT molecular complexity index is 188. The van der Waals surface area contributed by atoms with Gasteiger partial charge in [-0.05, 0) is 19.4 Å². The average Bonchev–Trinajstić information content (AvgIpc) is 2.59. The molecule has 0 bridgehead atoms. The first kappa shape index (κ1) is 5.85. The lowest BCUT2D eigenvalue weighted by atomic mass is 10.3. The van der Waals surface area contributed by atoms with Crippen molar-refractivity contribution in [3.05, 3.63) is 12.7 Å². The second kappa shape index (κ2) is 2.38. The molecule has 4 nitrogen and oxygen atoms in total. The summed E-state index contributed by atoms with van der Waals surface area (Å²) in [5.41, 5.74) is 0. The van der Waals surface area contributed by atoms with E-state index in [1.807, 2.05) is 4.68 Å². The first-order chi connectivity index (χ1) is 4.97. The maximum atomic E-state index is 4.04. The van der Waals surface area contributed by atoms with E-state index in [4.69, 9.17) is 0 Å². The second-order valence-corrected chi connectivity index (χ2v) is 2.49. The van der Waals surface area contributed by atoms with Crippen LogP contribution in [0, 0.1) is 0 Å². The van der Waals surface area contributed by atoms with Gasteiger partial charge >= 0.3 is 0 Å². The highest BCUT2D eigenvalue weighted by Gasteiger charge is 2.15. The van der Waals surface area contributed by atoms with E-state index >= 15 is 0 Å². The number of hydrogen-bond donors (Lipinski definition) is 1. The lowest BCUT2D eigenvalue weighted by Crippen LogP contribution is -2.19. The van der Waals surface area contributed by atoms with Crippen LogP contribution in [-0.2, 0) is 0 Å². The van der Waals surface area contributed by atoms with Crippen molar-refractivity contribution < 1.29 is 0 Å². The smallest absolute Gasteiger partial charge is 0.137 e. The molecular weight excluding hydrogens is 128 g/mol. The molecule has 0 aliphatic carbocycles. The van der Waals surface area contributed by atoms with Crippen LogP contribution in [0.3, 0.4) is 0 Å². The molecular formula is C6H10N4. The summed E-state index contributed by atoms with van der Waals surface area (Å²) >= 11 is 0. The van der Waals surface area contributed by atoms with Gasteiger partial charge in [-0.2, -0.15) is 5.10 Å². The van der Waals surface area contributed by atoms with Gasteiger partial charge in [-0.1, -0.05) is 0 Å². The molecule has 1 atom stereocenters. The minimum absolute atomic E-state index is 0.391. The van der Waals surface area contributed by atoms with Crippen molar-refractivity contribution in [2.45, 2.75) is 19.0 Å². The van der Waals surface area contributed by atoms with Gasteiger partial charge in [0.05, 0.1) is 0 Å². The average molecular weight is 138 g/mol. The maximum absolute atomic E-state index is 4.04. The number of nitrogens with one attached hydrogen (secondary N) is 1. The van der Waals surface area contributed by atoms with Gasteiger partial charge in [0.15, 0.2) is 0 Å². The summed E-state index contributed by atoms with van der Waals surface area (Å²) in [6, 6.07) is 0. The number of hydrogen-bond acceptors (Lipinski definition) is 3. The summed E-state index contributed by atoms with van der Waals surface area (Å²) in [4.78, 5) is 3.88. The standard InChI is InChI=1S/C6H10N4/c1-2-6(8-3-1)10-5-7-4-9-10/h4-6,8H,1-3H2. The summed E-state index contributed by atoms with van der Waals surface area (Å²) < 4.78 is 1.87. The van der Waals surface area contributed by atoms with Crippen LogP contribution in [0.2, 0.25) is 0 Å². The summed E-state index contributed by atoms with van der Waals surface area (Å²) in [6.07, 6.45) is 6.12. The molecule has 0 saturated carbocycles. The van der Waals surface area contributed by atoms with E-state index in [1.54, 1.807) is 12.7 Å². The zero-order valence-corrected chi connectivity index (χ0v) is 5.70. The van der Waals surface area contributed by atoms with Crippen molar-refractivity contribution in [1.82, 2.24) is 20.1 Å². The van der Waals surface area contributed by atoms with Crippen molar-refractivity contribution >= 4 is 0 Å². The van der Waals surface area contributed by atoms with Crippen LogP contribution < -0.4 is 5.32 Å². The van der Waals surface area contributed by atoms with Crippen LogP contribution in [0.25, 0.3) is 0 Å². The highest BCUT2D eigenvalue weighted by atomic mass is 15.4. The van der Waals surface area contributed by atoms with Crippen LogP contribution in [0.5, 0.6) is 0 Å². The van der Waals surface area contributed by atoms with Gasteiger partial charge in [0, 0.05) is 0 Å². The van der Waals surface area contributed by atoms with Gasteiger partial charge in [0.1, 0.15) is 18.8 Å².